The van der Waals surface area contributed by atoms with Crippen LogP contribution in [0.2, 0.25) is 0 Å². The molecule has 2 aromatic rings. The highest BCUT2D eigenvalue weighted by molar-refractivity contribution is 7.93. The summed E-state index contributed by atoms with van der Waals surface area (Å²) in [6.07, 6.45) is 2.67. The zero-order valence-electron chi connectivity index (χ0n) is 16.1. The van der Waals surface area contributed by atoms with E-state index in [9.17, 15) is 18.0 Å². The van der Waals surface area contributed by atoms with E-state index in [0.29, 0.717) is 12.0 Å². The Balaban J connectivity index is 1.84. The number of aromatic nitrogens is 1. The second-order valence-corrected chi connectivity index (χ2v) is 9.97. The normalized spacial score (nSPS) is 16.9. The van der Waals surface area contributed by atoms with Crippen molar-refractivity contribution in [2.24, 2.45) is 0 Å². The van der Waals surface area contributed by atoms with Crippen LogP contribution in [0.5, 0.6) is 0 Å². The maximum absolute atomic E-state index is 12.6. The van der Waals surface area contributed by atoms with Crippen molar-refractivity contribution in [1.82, 2.24) is 9.88 Å². The molecule has 1 aromatic carbocycles. The number of anilines is 1. The maximum Gasteiger partial charge on any atom is 0.340 e. The van der Waals surface area contributed by atoms with Crippen LogP contribution in [0.25, 0.3) is 0 Å². The molecule has 1 unspecified atom stereocenters. The summed E-state index contributed by atoms with van der Waals surface area (Å²) in [5.74, 6) is -0.644. The van der Waals surface area contributed by atoms with Crippen LogP contribution < -0.4 is 4.90 Å². The highest BCUT2D eigenvalue weighted by Gasteiger charge is 2.41. The van der Waals surface area contributed by atoms with Gasteiger partial charge in [0.1, 0.15) is 4.21 Å². The summed E-state index contributed by atoms with van der Waals surface area (Å²) < 4.78 is 29.8. The lowest BCUT2D eigenvalue weighted by atomic mass is 10.1. The molecule has 2 amide bonds. The lowest BCUT2D eigenvalue weighted by Crippen LogP contribution is -2.37. The lowest BCUT2D eigenvalue weighted by molar-refractivity contribution is 0.0331. The molecule has 1 saturated heterocycles. The summed E-state index contributed by atoms with van der Waals surface area (Å²) in [4.78, 5) is 31.9. The van der Waals surface area contributed by atoms with E-state index in [-0.39, 0.29) is 21.6 Å². The van der Waals surface area contributed by atoms with Crippen LogP contribution in [0.4, 0.5) is 9.93 Å². The number of hydrogen-bond donors (Lipinski definition) is 0. The fourth-order valence-corrected chi connectivity index (χ4v) is 5.10. The number of rotatable bonds is 7. The molecule has 29 heavy (non-hydrogen) atoms. The van der Waals surface area contributed by atoms with Crippen molar-refractivity contribution in [3.05, 3.63) is 54.2 Å². The number of ether oxygens (including phenoxy) is 1. The van der Waals surface area contributed by atoms with Crippen molar-refractivity contribution in [3.63, 3.8) is 0 Å². The SMILES string of the molecule is C=CCc1cccc(C(=O)OC2CN(C)C(=O)N2c2ncc(S(=O)(=O)CC)s2)c1. The van der Waals surface area contributed by atoms with Crippen molar-refractivity contribution in [1.29, 1.82) is 0 Å². The first-order chi connectivity index (χ1) is 13.8. The molecule has 0 N–H and O–H groups in total. The van der Waals surface area contributed by atoms with Crippen LogP contribution in [0.3, 0.4) is 0 Å². The van der Waals surface area contributed by atoms with Gasteiger partial charge in [0.15, 0.2) is 15.0 Å². The van der Waals surface area contributed by atoms with E-state index in [1.807, 2.05) is 6.07 Å². The molecule has 8 nitrogen and oxygen atoms in total. The number of carbonyl (C=O) groups excluding carboxylic acids is 2. The number of amides is 2. The van der Waals surface area contributed by atoms with E-state index in [1.54, 1.807) is 31.3 Å². The van der Waals surface area contributed by atoms with Crippen molar-refractivity contribution in [3.8, 4) is 0 Å². The summed E-state index contributed by atoms with van der Waals surface area (Å²) in [7, 11) is -1.87. The average Bonchev–Trinajstić information content (AvgIpc) is 3.28. The third kappa shape index (κ3) is 4.33. The first kappa shape index (κ1) is 21.0. The van der Waals surface area contributed by atoms with E-state index in [0.717, 1.165) is 16.9 Å². The van der Waals surface area contributed by atoms with E-state index in [1.165, 1.54) is 22.9 Å². The standard InChI is InChI=1S/C19H21N3O5S2/c1-4-7-13-8-6-9-14(10-13)17(23)27-15-12-21(3)19(24)22(15)18-20-11-16(28-18)29(25,26)5-2/h4,6,8-11,15H,1,5,7,12H2,2-3H3. The smallest absolute Gasteiger partial charge is 0.340 e. The number of thiazole rings is 1. The summed E-state index contributed by atoms with van der Waals surface area (Å²) in [6.45, 7) is 5.37. The second-order valence-electron chi connectivity index (χ2n) is 6.45. The Kier molecular flexibility index (Phi) is 6.04. The van der Waals surface area contributed by atoms with E-state index in [4.69, 9.17) is 4.74 Å². The number of likely N-dealkylation sites (N-methyl/N-ethyl adjacent to an activating group) is 1. The summed E-state index contributed by atoms with van der Waals surface area (Å²) in [5.41, 5.74) is 1.28. The Bertz CT molecular complexity index is 1050. The van der Waals surface area contributed by atoms with E-state index >= 15 is 0 Å². The number of benzene rings is 1. The molecule has 10 heteroatoms. The Morgan fingerprint density at radius 1 is 1.45 bits per heavy atom. The van der Waals surface area contributed by atoms with Crippen molar-refractivity contribution in [2.75, 3.05) is 24.2 Å². The molecule has 1 aliphatic rings. The van der Waals surface area contributed by atoms with Gasteiger partial charge < -0.3 is 9.64 Å². The fourth-order valence-electron chi connectivity index (χ4n) is 2.83. The van der Waals surface area contributed by atoms with Crippen molar-refractivity contribution >= 4 is 38.3 Å². The minimum atomic E-state index is -3.44. The predicted molar refractivity (Wildman–Crippen MR) is 110 cm³/mol. The van der Waals surface area contributed by atoms with Gasteiger partial charge in [0.25, 0.3) is 0 Å². The number of hydrogen-bond acceptors (Lipinski definition) is 7. The zero-order chi connectivity index (χ0) is 21.2. The summed E-state index contributed by atoms with van der Waals surface area (Å²) >= 11 is 0.880. The molecule has 0 spiro atoms. The topological polar surface area (TPSA) is 96.9 Å². The van der Waals surface area contributed by atoms with E-state index < -0.39 is 28.1 Å². The number of carbonyl (C=O) groups is 2. The lowest BCUT2D eigenvalue weighted by Gasteiger charge is -2.20. The number of nitrogens with zero attached hydrogens (tertiary/aromatic N) is 3. The minimum absolute atomic E-state index is 0.0675. The average molecular weight is 436 g/mol. The van der Waals surface area contributed by atoms with Crippen LogP contribution in [-0.4, -0.2) is 55.9 Å². The highest BCUT2D eigenvalue weighted by atomic mass is 32.2. The predicted octanol–water partition coefficient (Wildman–Crippen LogP) is 2.72. The first-order valence-electron chi connectivity index (χ1n) is 8.90. The Labute approximate surface area is 173 Å². The molecule has 3 rings (SSSR count). The largest absolute Gasteiger partial charge is 0.435 e. The number of urea groups is 1. The Hall–Kier alpha value is -2.72. The molecule has 0 radical (unpaired) electrons. The summed E-state index contributed by atoms with van der Waals surface area (Å²) in [5, 5.41) is 0.171. The van der Waals surface area contributed by atoms with Crippen LogP contribution in [0.15, 0.2) is 47.3 Å². The van der Waals surface area contributed by atoms with Crippen LogP contribution >= 0.6 is 11.3 Å². The molecule has 1 aromatic heterocycles. The van der Waals surface area contributed by atoms with Gasteiger partial charge in [-0.25, -0.2) is 27.9 Å². The molecule has 0 bridgehead atoms. The fraction of sp³-hybridized carbons (Fsp3) is 0.316. The summed E-state index contributed by atoms with van der Waals surface area (Å²) in [6, 6.07) is 6.56. The molecule has 0 aliphatic carbocycles. The first-order valence-corrected chi connectivity index (χ1v) is 11.4. The third-order valence-electron chi connectivity index (χ3n) is 4.40. The maximum atomic E-state index is 12.6. The van der Waals surface area contributed by atoms with Gasteiger partial charge in [-0.15, -0.1) is 6.58 Å². The van der Waals surface area contributed by atoms with E-state index in [2.05, 4.69) is 11.6 Å². The minimum Gasteiger partial charge on any atom is -0.435 e. The Morgan fingerprint density at radius 3 is 2.90 bits per heavy atom. The van der Waals surface area contributed by atoms with Gasteiger partial charge >= 0.3 is 12.0 Å². The van der Waals surface area contributed by atoms with Crippen LogP contribution in [0.1, 0.15) is 22.8 Å². The molecular weight excluding hydrogens is 414 g/mol. The molecule has 1 atom stereocenters. The highest BCUT2D eigenvalue weighted by Crippen LogP contribution is 2.32. The van der Waals surface area contributed by atoms with Gasteiger partial charge in [0, 0.05) is 7.05 Å². The number of allylic oxidation sites excluding steroid dienone is 1. The van der Waals surface area contributed by atoms with Crippen LogP contribution in [-0.2, 0) is 21.0 Å². The van der Waals surface area contributed by atoms with Gasteiger partial charge in [-0.05, 0) is 24.1 Å². The molecule has 1 fully saturated rings. The Morgan fingerprint density at radius 2 is 2.21 bits per heavy atom. The van der Waals surface area contributed by atoms with Crippen LogP contribution in [0, 0.1) is 0 Å². The molecule has 154 valence electrons. The molecule has 0 saturated carbocycles. The molecule has 2 heterocycles. The number of esters is 1. The van der Waals surface area contributed by atoms with Crippen molar-refractivity contribution < 1.29 is 22.7 Å². The van der Waals surface area contributed by atoms with Gasteiger partial charge in [-0.1, -0.05) is 36.5 Å². The van der Waals surface area contributed by atoms with Gasteiger partial charge in [-0.2, -0.15) is 0 Å². The number of sulfone groups is 1. The molecule has 1 aliphatic heterocycles. The van der Waals surface area contributed by atoms with Crippen molar-refractivity contribution in [2.45, 2.75) is 23.8 Å². The quantitative estimate of drug-likeness (QED) is 0.490. The zero-order valence-corrected chi connectivity index (χ0v) is 17.7. The van der Waals surface area contributed by atoms with Gasteiger partial charge in [0.2, 0.25) is 6.23 Å². The van der Waals surface area contributed by atoms with Gasteiger partial charge in [-0.3, -0.25) is 0 Å². The third-order valence-corrected chi connectivity index (χ3v) is 7.68. The molecular formula is C19H21N3O5S2. The van der Waals surface area contributed by atoms with Gasteiger partial charge in [0.05, 0.1) is 24.1 Å². The second kappa shape index (κ2) is 8.34. The monoisotopic (exact) mass is 435 g/mol.